The molecule has 0 bridgehead atoms. The number of aliphatic hydroxyl groups excluding tert-OH is 6. The van der Waals surface area contributed by atoms with E-state index in [1.807, 2.05) is 0 Å². The van der Waals surface area contributed by atoms with Crippen molar-refractivity contribution in [3.8, 4) is 5.75 Å². The maximum atomic E-state index is 11.5. The van der Waals surface area contributed by atoms with Crippen LogP contribution in [0.1, 0.15) is 6.92 Å². The number of hydrogen-bond acceptors (Lipinski definition) is 13. The van der Waals surface area contributed by atoms with E-state index in [2.05, 4.69) is 5.32 Å². The van der Waals surface area contributed by atoms with E-state index >= 15 is 0 Å². The van der Waals surface area contributed by atoms with Crippen molar-refractivity contribution in [2.24, 2.45) is 0 Å². The van der Waals surface area contributed by atoms with Crippen LogP contribution < -0.4 is 10.1 Å². The molecular formula is C20H28N2O13. The Morgan fingerprint density at radius 3 is 2.37 bits per heavy atom. The molecule has 2 fully saturated rings. The van der Waals surface area contributed by atoms with Crippen LogP contribution in [0.25, 0.3) is 0 Å². The van der Waals surface area contributed by atoms with Gasteiger partial charge in [0.2, 0.25) is 5.91 Å². The van der Waals surface area contributed by atoms with E-state index in [-0.39, 0.29) is 5.75 Å². The molecule has 2 aliphatic heterocycles. The van der Waals surface area contributed by atoms with E-state index < -0.39 is 91.1 Å². The number of hydrogen-bond donors (Lipinski definition) is 7. The largest absolute Gasteiger partial charge is 0.478 e. The predicted octanol–water partition coefficient (Wildman–Crippen LogP) is -3.26. The molecule has 2 saturated heterocycles. The molecule has 10 atom stereocenters. The number of para-hydroxylation sites is 2. The molecular weight excluding hydrogens is 476 g/mol. The van der Waals surface area contributed by atoms with Crippen LogP contribution in [0.5, 0.6) is 5.75 Å². The number of carbonyl (C=O) groups excluding carboxylic acids is 1. The Kier molecular flexibility index (Phi) is 8.92. The molecule has 196 valence electrons. The number of carbonyl (C=O) groups is 1. The first kappa shape index (κ1) is 27.1. The summed E-state index contributed by atoms with van der Waals surface area (Å²) in [5.74, 6) is -0.835. The van der Waals surface area contributed by atoms with E-state index in [0.29, 0.717) is 0 Å². The van der Waals surface area contributed by atoms with Gasteiger partial charge in [-0.1, -0.05) is 12.1 Å². The highest BCUT2D eigenvalue weighted by atomic mass is 16.7. The van der Waals surface area contributed by atoms with Crippen LogP contribution in [-0.4, -0.2) is 116 Å². The van der Waals surface area contributed by atoms with E-state index in [4.69, 9.17) is 18.9 Å². The first-order valence-corrected chi connectivity index (χ1v) is 10.7. The Morgan fingerprint density at radius 2 is 1.74 bits per heavy atom. The third-order valence-electron chi connectivity index (χ3n) is 5.66. The van der Waals surface area contributed by atoms with E-state index in [1.165, 1.54) is 24.3 Å². The van der Waals surface area contributed by atoms with Gasteiger partial charge < -0.3 is 54.9 Å². The fourth-order valence-corrected chi connectivity index (χ4v) is 3.85. The SMILES string of the molecule is CC(=O)N[C@@H]1[C@@H](O)[C@H](Oc2ccccc2[N+](=O)[O-])[C@@H](CO[C@@H]2O[C@H](CO)[C@H](O)[C@H](O)[C@H]2O)O[C@H]1O. The number of rotatable bonds is 8. The van der Waals surface area contributed by atoms with Crippen LogP contribution in [-0.2, 0) is 19.0 Å². The Balaban J connectivity index is 1.82. The van der Waals surface area contributed by atoms with Gasteiger partial charge in [0.05, 0.1) is 18.1 Å². The zero-order valence-electron chi connectivity index (χ0n) is 18.5. The highest BCUT2D eigenvalue weighted by Gasteiger charge is 2.49. The Bertz CT molecular complexity index is 886. The Labute approximate surface area is 198 Å². The molecule has 7 N–H and O–H groups in total. The number of benzene rings is 1. The van der Waals surface area contributed by atoms with Gasteiger partial charge in [0.25, 0.3) is 0 Å². The molecule has 1 amide bonds. The van der Waals surface area contributed by atoms with Crippen molar-refractivity contribution >= 4 is 11.6 Å². The molecule has 2 heterocycles. The molecule has 3 rings (SSSR count). The normalized spacial score (nSPS) is 37.5. The van der Waals surface area contributed by atoms with Gasteiger partial charge in [0.15, 0.2) is 24.4 Å². The summed E-state index contributed by atoms with van der Waals surface area (Å²) < 4.78 is 21.8. The maximum absolute atomic E-state index is 11.5. The first-order chi connectivity index (χ1) is 16.5. The van der Waals surface area contributed by atoms with Gasteiger partial charge in [0, 0.05) is 13.0 Å². The molecule has 15 nitrogen and oxygen atoms in total. The van der Waals surface area contributed by atoms with Crippen molar-refractivity contribution in [1.82, 2.24) is 5.32 Å². The average Bonchev–Trinajstić information content (AvgIpc) is 2.82. The number of nitrogens with zero attached hydrogens (tertiary/aromatic N) is 1. The third-order valence-corrected chi connectivity index (χ3v) is 5.66. The molecule has 0 aliphatic carbocycles. The minimum atomic E-state index is -1.73. The molecule has 1 aromatic carbocycles. The van der Waals surface area contributed by atoms with Crippen LogP contribution >= 0.6 is 0 Å². The first-order valence-electron chi connectivity index (χ1n) is 10.7. The number of amides is 1. The lowest BCUT2D eigenvalue weighted by atomic mass is 9.96. The summed E-state index contributed by atoms with van der Waals surface area (Å²) in [5, 5.41) is 74.2. The van der Waals surface area contributed by atoms with Gasteiger partial charge in [-0.25, -0.2) is 0 Å². The zero-order valence-corrected chi connectivity index (χ0v) is 18.5. The molecule has 0 unspecified atom stereocenters. The fraction of sp³-hybridized carbons (Fsp3) is 0.650. The second-order valence-corrected chi connectivity index (χ2v) is 8.12. The topological polar surface area (TPSA) is 231 Å². The quantitative estimate of drug-likeness (QED) is 0.136. The molecule has 0 spiro atoms. The lowest BCUT2D eigenvalue weighted by molar-refractivity contribution is -0.386. The molecule has 0 radical (unpaired) electrons. The maximum Gasteiger partial charge on any atom is 0.310 e. The van der Waals surface area contributed by atoms with Crippen molar-refractivity contribution in [3.63, 3.8) is 0 Å². The summed E-state index contributed by atoms with van der Waals surface area (Å²) in [4.78, 5) is 22.2. The van der Waals surface area contributed by atoms with Crippen LogP contribution in [0.2, 0.25) is 0 Å². The van der Waals surface area contributed by atoms with E-state index in [0.717, 1.165) is 6.92 Å². The van der Waals surface area contributed by atoms with E-state index in [1.54, 1.807) is 0 Å². The van der Waals surface area contributed by atoms with Crippen LogP contribution in [0.4, 0.5) is 5.69 Å². The number of ether oxygens (including phenoxy) is 4. The van der Waals surface area contributed by atoms with Gasteiger partial charge in [-0.3, -0.25) is 14.9 Å². The fourth-order valence-electron chi connectivity index (χ4n) is 3.85. The number of nitrogens with one attached hydrogen (secondary N) is 1. The summed E-state index contributed by atoms with van der Waals surface area (Å²) in [6.45, 7) is -0.0927. The van der Waals surface area contributed by atoms with Crippen molar-refractivity contribution in [3.05, 3.63) is 34.4 Å². The summed E-state index contributed by atoms with van der Waals surface area (Å²) >= 11 is 0. The minimum Gasteiger partial charge on any atom is -0.478 e. The Morgan fingerprint density at radius 1 is 1.06 bits per heavy atom. The van der Waals surface area contributed by atoms with Crippen LogP contribution in [0, 0.1) is 10.1 Å². The second kappa shape index (κ2) is 11.5. The standard InChI is InChI=1S/C20H28N2O13/c1-8(24)21-13-15(26)18(33-10-5-3-2-4-9(10)22(30)31)12(34-19(13)29)7-32-20-17(28)16(27)14(25)11(6-23)35-20/h2-5,11-20,23,25-29H,6-7H2,1H3,(H,21,24)/t11-,12-,13-,14+,15-,16+,17-,18-,19-,20-/m1/s1. The van der Waals surface area contributed by atoms with Crippen molar-refractivity contribution in [1.29, 1.82) is 0 Å². The Hall–Kier alpha value is -2.47. The number of nitro benzene ring substituents is 1. The smallest absolute Gasteiger partial charge is 0.310 e. The summed E-state index contributed by atoms with van der Waals surface area (Å²) in [6, 6.07) is 3.95. The van der Waals surface area contributed by atoms with Gasteiger partial charge in [0.1, 0.15) is 42.7 Å². The van der Waals surface area contributed by atoms with Gasteiger partial charge >= 0.3 is 5.69 Å². The lowest BCUT2D eigenvalue weighted by Gasteiger charge is -2.44. The van der Waals surface area contributed by atoms with Crippen molar-refractivity contribution < 1.29 is 59.3 Å². The van der Waals surface area contributed by atoms with Crippen LogP contribution in [0.15, 0.2) is 24.3 Å². The average molecular weight is 504 g/mol. The van der Waals surface area contributed by atoms with Crippen molar-refractivity contribution in [2.45, 2.75) is 68.3 Å². The third kappa shape index (κ3) is 6.03. The minimum absolute atomic E-state index is 0.235. The second-order valence-electron chi connectivity index (χ2n) is 8.12. The number of aliphatic hydroxyl groups is 6. The molecule has 0 aromatic heterocycles. The van der Waals surface area contributed by atoms with Gasteiger partial charge in [-0.15, -0.1) is 0 Å². The van der Waals surface area contributed by atoms with Gasteiger partial charge in [-0.2, -0.15) is 0 Å². The summed E-state index contributed by atoms with van der Waals surface area (Å²) in [5.41, 5.74) is -0.421. The zero-order chi connectivity index (χ0) is 25.9. The monoisotopic (exact) mass is 504 g/mol. The molecule has 1 aromatic rings. The molecule has 2 aliphatic rings. The highest BCUT2D eigenvalue weighted by molar-refractivity contribution is 5.73. The van der Waals surface area contributed by atoms with E-state index in [9.17, 15) is 45.5 Å². The molecule has 0 saturated carbocycles. The van der Waals surface area contributed by atoms with Gasteiger partial charge in [-0.05, 0) is 6.07 Å². The summed E-state index contributed by atoms with van der Waals surface area (Å²) in [6.07, 6.45) is -14.0. The van der Waals surface area contributed by atoms with Crippen molar-refractivity contribution in [2.75, 3.05) is 13.2 Å². The molecule has 15 heteroatoms. The summed E-state index contributed by atoms with van der Waals surface area (Å²) in [7, 11) is 0. The van der Waals surface area contributed by atoms with Crippen LogP contribution in [0.3, 0.4) is 0 Å². The predicted molar refractivity (Wildman–Crippen MR) is 112 cm³/mol. The number of nitro groups is 1. The lowest BCUT2D eigenvalue weighted by Crippen LogP contribution is -2.66. The molecule has 35 heavy (non-hydrogen) atoms. The highest BCUT2D eigenvalue weighted by Crippen LogP contribution is 2.32.